The summed E-state index contributed by atoms with van der Waals surface area (Å²) in [6.45, 7) is 5.05. The molecule has 0 spiro atoms. The Hall–Kier alpha value is -5.59. The zero-order valence-electron chi connectivity index (χ0n) is 25.3. The van der Waals surface area contributed by atoms with Crippen LogP contribution in [-0.2, 0) is 0 Å². The van der Waals surface area contributed by atoms with E-state index in [1.807, 2.05) is 13.8 Å². The van der Waals surface area contributed by atoms with E-state index >= 15 is 4.39 Å². The molecule has 0 unspecified atom stereocenters. The minimum Gasteiger partial charge on any atom is -0.491 e. The first-order valence-electron chi connectivity index (χ1n) is 14.9. The van der Waals surface area contributed by atoms with Gasteiger partial charge in [0.2, 0.25) is 5.88 Å². The first-order valence-corrected chi connectivity index (χ1v) is 14.9. The molecule has 3 amide bonds. The number of unbranched alkanes of at least 4 members (excludes halogenated alkanes) is 2. The van der Waals surface area contributed by atoms with Crippen LogP contribution in [0.25, 0.3) is 16.6 Å². The van der Waals surface area contributed by atoms with Crippen LogP contribution in [0, 0.1) is 11.6 Å². The molecular formula is C33H33F2N7O4. The molecule has 0 fully saturated rings. The van der Waals surface area contributed by atoms with Crippen LogP contribution in [0.5, 0.6) is 17.4 Å². The van der Waals surface area contributed by atoms with Crippen molar-refractivity contribution < 1.29 is 27.8 Å². The van der Waals surface area contributed by atoms with Crippen molar-refractivity contribution in [2.45, 2.75) is 39.5 Å². The molecular weight excluding hydrogens is 596 g/mol. The van der Waals surface area contributed by atoms with Crippen molar-refractivity contribution in [2.24, 2.45) is 0 Å². The Morgan fingerprint density at radius 2 is 1.70 bits per heavy atom. The number of carbonyl (C=O) groups is 2. The molecule has 0 aliphatic heterocycles. The van der Waals surface area contributed by atoms with Crippen molar-refractivity contribution in [3.05, 3.63) is 90.8 Å². The zero-order valence-corrected chi connectivity index (χ0v) is 25.3. The van der Waals surface area contributed by atoms with Gasteiger partial charge in [-0.05, 0) is 55.3 Å². The van der Waals surface area contributed by atoms with E-state index in [9.17, 15) is 14.0 Å². The molecule has 0 aliphatic rings. The van der Waals surface area contributed by atoms with Crippen LogP contribution in [0.2, 0.25) is 0 Å². The summed E-state index contributed by atoms with van der Waals surface area (Å²) in [5.41, 5.74) is 1.73. The molecule has 238 valence electrons. The Balaban J connectivity index is 1.33. The number of anilines is 2. The van der Waals surface area contributed by atoms with Crippen LogP contribution in [0.1, 0.15) is 50.0 Å². The lowest BCUT2D eigenvalue weighted by Gasteiger charge is -2.15. The lowest BCUT2D eigenvalue weighted by atomic mass is 10.2. The van der Waals surface area contributed by atoms with Gasteiger partial charge in [-0.3, -0.25) is 4.79 Å². The van der Waals surface area contributed by atoms with E-state index in [1.54, 1.807) is 28.8 Å². The number of rotatable bonds is 13. The van der Waals surface area contributed by atoms with E-state index < -0.39 is 17.8 Å². The number of fused-ring (bicyclic) bond motifs is 1. The summed E-state index contributed by atoms with van der Waals surface area (Å²) in [6, 6.07) is 12.6. The molecule has 11 nitrogen and oxygen atoms in total. The van der Waals surface area contributed by atoms with Gasteiger partial charge >= 0.3 is 6.03 Å². The van der Waals surface area contributed by atoms with Crippen LogP contribution in [0.15, 0.2) is 73.4 Å². The van der Waals surface area contributed by atoms with Gasteiger partial charge in [0.25, 0.3) is 5.91 Å². The highest BCUT2D eigenvalue weighted by Gasteiger charge is 2.17. The number of amides is 3. The number of aromatic nitrogens is 4. The van der Waals surface area contributed by atoms with Crippen molar-refractivity contribution in [3.8, 4) is 23.1 Å². The molecule has 3 aromatic carbocycles. The number of urea groups is 1. The van der Waals surface area contributed by atoms with Gasteiger partial charge in [0, 0.05) is 36.2 Å². The monoisotopic (exact) mass is 629 g/mol. The second-order valence-corrected chi connectivity index (χ2v) is 10.3. The molecule has 0 atom stereocenters. The van der Waals surface area contributed by atoms with Gasteiger partial charge in [-0.1, -0.05) is 26.7 Å². The lowest BCUT2D eigenvalue weighted by Crippen LogP contribution is -2.29. The summed E-state index contributed by atoms with van der Waals surface area (Å²) in [5, 5.41) is 8.66. The molecule has 13 heteroatoms. The van der Waals surface area contributed by atoms with E-state index in [4.69, 9.17) is 9.47 Å². The van der Waals surface area contributed by atoms with E-state index in [-0.39, 0.29) is 28.8 Å². The average molecular weight is 630 g/mol. The summed E-state index contributed by atoms with van der Waals surface area (Å²) in [4.78, 5) is 37.9. The molecule has 2 heterocycles. The number of nitrogens with one attached hydrogen (secondary N) is 3. The number of hydrogen-bond acceptors (Lipinski definition) is 7. The maximum absolute atomic E-state index is 15.2. The molecule has 2 aromatic heterocycles. The Bertz CT molecular complexity index is 1830. The first kappa shape index (κ1) is 31.8. The molecule has 5 rings (SSSR count). The summed E-state index contributed by atoms with van der Waals surface area (Å²) < 4.78 is 41.8. The summed E-state index contributed by atoms with van der Waals surface area (Å²) in [5.74, 6) is -1.35. The van der Waals surface area contributed by atoms with Gasteiger partial charge in [0.05, 0.1) is 23.2 Å². The highest BCUT2D eigenvalue weighted by Crippen LogP contribution is 2.36. The number of ether oxygens (including phenoxy) is 2. The smallest absolute Gasteiger partial charge is 0.319 e. The topological polar surface area (TPSA) is 132 Å². The predicted octanol–water partition coefficient (Wildman–Crippen LogP) is 7.24. The molecule has 0 aliphatic carbocycles. The van der Waals surface area contributed by atoms with Gasteiger partial charge < -0.3 is 30.0 Å². The predicted molar refractivity (Wildman–Crippen MR) is 170 cm³/mol. The van der Waals surface area contributed by atoms with Crippen LogP contribution in [-0.4, -0.2) is 44.6 Å². The highest BCUT2D eigenvalue weighted by molar-refractivity contribution is 6.02. The SMILES string of the molecule is CCCCNC(=O)Nc1cc2c(Oc3ccc(NC(=O)c4cn(-c5ccc(F)cc5)cn4)cc3F)ncnc2cc1OCCCC. The molecule has 3 N–H and O–H groups in total. The van der Waals surface area contributed by atoms with E-state index in [1.165, 1.54) is 43.1 Å². The van der Waals surface area contributed by atoms with E-state index in [0.29, 0.717) is 41.2 Å². The first-order chi connectivity index (χ1) is 22.3. The number of carbonyl (C=O) groups excluding carboxylic acids is 2. The van der Waals surface area contributed by atoms with E-state index in [2.05, 4.69) is 30.9 Å². The fourth-order valence-corrected chi connectivity index (χ4v) is 4.39. The number of nitrogens with zero attached hydrogens (tertiary/aromatic N) is 4. The molecule has 0 saturated carbocycles. The van der Waals surface area contributed by atoms with E-state index in [0.717, 1.165) is 31.7 Å². The van der Waals surface area contributed by atoms with Crippen molar-refractivity contribution in [1.29, 1.82) is 0 Å². The fraction of sp³-hybridized carbons (Fsp3) is 0.242. The quantitative estimate of drug-likeness (QED) is 0.117. The summed E-state index contributed by atoms with van der Waals surface area (Å²) in [7, 11) is 0. The third-order valence-corrected chi connectivity index (χ3v) is 6.86. The molecule has 0 bridgehead atoms. The number of imidazole rings is 1. The molecule has 5 aromatic rings. The standard InChI is InChI=1S/C33H33F2N7O4/c1-3-5-13-36-33(44)41-27-16-24-26(17-30(27)45-14-6-4-2)37-19-38-32(24)46-29-12-9-22(15-25(29)35)40-31(43)28-18-42(20-39-28)23-10-7-21(34)8-11-23/h7-12,15-20H,3-6,13-14H2,1-2H3,(H,40,43)(H2,36,41,44). The van der Waals surface area contributed by atoms with Gasteiger partial charge in [0.15, 0.2) is 11.6 Å². The minimum atomic E-state index is -0.755. The normalized spacial score (nSPS) is 10.9. The number of hydrogen-bond donors (Lipinski definition) is 3. The van der Waals surface area contributed by atoms with Crippen LogP contribution in [0.3, 0.4) is 0 Å². The Kier molecular flexibility index (Phi) is 10.3. The fourth-order valence-electron chi connectivity index (χ4n) is 4.39. The van der Waals surface area contributed by atoms with Crippen LogP contribution < -0.4 is 25.4 Å². The minimum absolute atomic E-state index is 0.0570. The second-order valence-electron chi connectivity index (χ2n) is 10.3. The number of benzene rings is 3. The van der Waals surface area contributed by atoms with Crippen LogP contribution >= 0.6 is 0 Å². The Morgan fingerprint density at radius 1 is 0.891 bits per heavy atom. The highest BCUT2D eigenvalue weighted by atomic mass is 19.1. The van der Waals surface area contributed by atoms with Crippen molar-refractivity contribution in [3.63, 3.8) is 0 Å². The van der Waals surface area contributed by atoms with Gasteiger partial charge in [-0.25, -0.2) is 28.5 Å². The summed E-state index contributed by atoms with van der Waals surface area (Å²) >= 11 is 0. The molecule has 0 saturated heterocycles. The third kappa shape index (κ3) is 7.92. The van der Waals surface area contributed by atoms with Crippen molar-refractivity contribution >= 4 is 34.2 Å². The Labute approximate surface area is 264 Å². The molecule has 46 heavy (non-hydrogen) atoms. The average Bonchev–Trinajstić information content (AvgIpc) is 3.54. The Morgan fingerprint density at radius 3 is 2.46 bits per heavy atom. The van der Waals surface area contributed by atoms with Crippen molar-refractivity contribution in [1.82, 2.24) is 24.8 Å². The summed E-state index contributed by atoms with van der Waals surface area (Å²) in [6.07, 6.45) is 7.73. The van der Waals surface area contributed by atoms with Gasteiger partial charge in [-0.2, -0.15) is 0 Å². The second kappa shape index (κ2) is 14.9. The third-order valence-electron chi connectivity index (χ3n) is 6.86. The maximum Gasteiger partial charge on any atom is 0.319 e. The lowest BCUT2D eigenvalue weighted by molar-refractivity contribution is 0.102. The van der Waals surface area contributed by atoms with Gasteiger partial charge in [-0.15, -0.1) is 0 Å². The van der Waals surface area contributed by atoms with Crippen LogP contribution in [0.4, 0.5) is 25.0 Å². The van der Waals surface area contributed by atoms with Crippen molar-refractivity contribution in [2.75, 3.05) is 23.8 Å². The largest absolute Gasteiger partial charge is 0.491 e. The van der Waals surface area contributed by atoms with Gasteiger partial charge in [0.1, 0.15) is 29.9 Å². The zero-order chi connectivity index (χ0) is 32.5. The number of halogens is 2. The maximum atomic E-state index is 15.2. The molecule has 0 radical (unpaired) electrons.